The predicted molar refractivity (Wildman–Crippen MR) is 42.2 cm³/mol. The summed E-state index contributed by atoms with van der Waals surface area (Å²) in [6.07, 6.45) is 1.51. The Morgan fingerprint density at radius 2 is 2.36 bits per heavy atom. The highest BCUT2D eigenvalue weighted by Gasteiger charge is 2.05. The van der Waals surface area contributed by atoms with Crippen molar-refractivity contribution in [2.45, 2.75) is 13.8 Å². The summed E-state index contributed by atoms with van der Waals surface area (Å²) in [5, 5.41) is 0. The molecule has 2 N–H and O–H groups in total. The molecule has 0 aliphatic heterocycles. The lowest BCUT2D eigenvalue weighted by molar-refractivity contribution is 0.0999. The van der Waals surface area contributed by atoms with E-state index < -0.39 is 5.91 Å². The number of amides is 1. The Hall–Kier alpha value is -1.38. The highest BCUT2D eigenvalue weighted by molar-refractivity contribution is 5.94. The molecular weight excluding hydrogens is 140 g/mol. The molecule has 1 aromatic heterocycles. The second-order valence-corrected chi connectivity index (χ2v) is 2.42. The number of rotatable bonds is 1. The molecule has 0 fully saturated rings. The molecule has 0 saturated carbocycles. The van der Waals surface area contributed by atoms with Crippen LogP contribution in [0.25, 0.3) is 0 Å². The van der Waals surface area contributed by atoms with Crippen molar-refractivity contribution < 1.29 is 6.17 Å². The monoisotopic (exact) mass is 151 g/mol. The molecule has 0 saturated heterocycles. The average molecular weight is 151 g/mol. The molecule has 0 aliphatic carbocycles. The van der Waals surface area contributed by atoms with Gasteiger partial charge in [-0.2, -0.15) is 0 Å². The second-order valence-electron chi connectivity index (χ2n) is 2.42. The van der Waals surface area contributed by atoms with Crippen molar-refractivity contribution in [3.05, 3.63) is 29.1 Å². The van der Waals surface area contributed by atoms with E-state index in [1.807, 2.05) is 6.92 Å². The van der Waals surface area contributed by atoms with Crippen molar-refractivity contribution in [2.24, 2.45) is 5.73 Å². The van der Waals surface area contributed by atoms with Gasteiger partial charge in [0.2, 0.25) is 0 Å². The zero-order valence-corrected chi connectivity index (χ0v) is 6.51. The normalized spacial score (nSPS) is 10.9. The molecule has 0 spiro atoms. The van der Waals surface area contributed by atoms with Gasteiger partial charge in [0.25, 0.3) is 5.91 Å². The second kappa shape index (κ2) is 2.70. The number of hydrogen-bond donors (Lipinski definition) is 1. The summed E-state index contributed by atoms with van der Waals surface area (Å²) in [6.45, 7) is 3.59. The standard InChI is InChI=1S/C8H10N2O/c1-5-3-10-4-7(6(5)2)8(9)11/h3-4H,1-2H3,(H2,9,11)/i4D. The van der Waals surface area contributed by atoms with E-state index in [0.717, 1.165) is 11.1 Å². The van der Waals surface area contributed by atoms with Crippen LogP contribution in [0.1, 0.15) is 22.9 Å². The van der Waals surface area contributed by atoms with Gasteiger partial charge in [-0.3, -0.25) is 9.78 Å². The summed E-state index contributed by atoms with van der Waals surface area (Å²) < 4.78 is 7.33. The van der Waals surface area contributed by atoms with Gasteiger partial charge in [0.15, 0.2) is 0 Å². The van der Waals surface area contributed by atoms with Crippen molar-refractivity contribution in [3.63, 3.8) is 0 Å². The third-order valence-electron chi connectivity index (χ3n) is 1.65. The number of aromatic nitrogens is 1. The Balaban J connectivity index is 3.43. The van der Waals surface area contributed by atoms with Gasteiger partial charge in [0.1, 0.15) is 0 Å². The third kappa shape index (κ3) is 1.37. The Morgan fingerprint density at radius 3 is 2.82 bits per heavy atom. The first kappa shape index (κ1) is 6.34. The molecule has 58 valence electrons. The minimum absolute atomic E-state index is 0.0504. The van der Waals surface area contributed by atoms with E-state index in [4.69, 9.17) is 7.10 Å². The molecule has 3 heteroatoms. The van der Waals surface area contributed by atoms with Gasteiger partial charge in [0.05, 0.1) is 6.93 Å². The van der Waals surface area contributed by atoms with Crippen LogP contribution in [-0.2, 0) is 0 Å². The molecule has 1 rings (SSSR count). The van der Waals surface area contributed by atoms with Gasteiger partial charge in [-0.25, -0.2) is 0 Å². The molecule has 1 amide bonds. The Labute approximate surface area is 66.7 Å². The zero-order valence-electron chi connectivity index (χ0n) is 7.51. The lowest BCUT2D eigenvalue weighted by Crippen LogP contribution is -2.13. The van der Waals surface area contributed by atoms with Gasteiger partial charge < -0.3 is 5.73 Å². The van der Waals surface area contributed by atoms with Crippen molar-refractivity contribution in [2.75, 3.05) is 0 Å². The van der Waals surface area contributed by atoms with Crippen LogP contribution in [-0.4, -0.2) is 10.9 Å². The van der Waals surface area contributed by atoms with Crippen LogP contribution in [0.3, 0.4) is 0 Å². The van der Waals surface area contributed by atoms with Gasteiger partial charge in [-0.1, -0.05) is 0 Å². The Kier molecular flexibility index (Phi) is 1.55. The summed E-state index contributed by atoms with van der Waals surface area (Å²) >= 11 is 0. The molecule has 11 heavy (non-hydrogen) atoms. The minimum atomic E-state index is -0.589. The summed E-state index contributed by atoms with van der Waals surface area (Å²) in [5.74, 6) is -0.589. The van der Waals surface area contributed by atoms with E-state index in [2.05, 4.69) is 4.98 Å². The lowest BCUT2D eigenvalue weighted by atomic mass is 10.1. The molecule has 1 aromatic rings. The molecule has 1 heterocycles. The first-order chi connectivity index (χ1) is 5.54. The molecule has 0 atom stereocenters. The topological polar surface area (TPSA) is 56.0 Å². The van der Waals surface area contributed by atoms with E-state index in [-0.39, 0.29) is 11.7 Å². The number of aryl methyl sites for hydroxylation is 1. The minimum Gasteiger partial charge on any atom is -0.366 e. The molecule has 0 unspecified atom stereocenters. The third-order valence-corrected chi connectivity index (χ3v) is 1.65. The number of nitrogens with two attached hydrogens (primary N) is 1. The highest BCUT2D eigenvalue weighted by Crippen LogP contribution is 2.09. The van der Waals surface area contributed by atoms with Crippen LogP contribution in [0.15, 0.2) is 12.4 Å². The first-order valence-corrected chi connectivity index (χ1v) is 3.26. The number of primary amides is 1. The summed E-state index contributed by atoms with van der Waals surface area (Å²) in [5.41, 5.74) is 6.92. The van der Waals surface area contributed by atoms with Crippen LogP contribution < -0.4 is 5.73 Å². The molecule has 0 radical (unpaired) electrons. The number of carbonyl (C=O) groups excluding carboxylic acids is 1. The van der Waals surface area contributed by atoms with E-state index in [1.54, 1.807) is 13.1 Å². The summed E-state index contributed by atoms with van der Waals surface area (Å²) in [6, 6.07) is 0. The van der Waals surface area contributed by atoms with Crippen LogP contribution >= 0.6 is 0 Å². The average Bonchev–Trinajstić information content (AvgIpc) is 1.97. The van der Waals surface area contributed by atoms with E-state index in [1.165, 1.54) is 0 Å². The van der Waals surface area contributed by atoms with Gasteiger partial charge in [-0.05, 0) is 25.0 Å². The molecular formula is C8H10N2O. The number of nitrogens with zero attached hydrogens (tertiary/aromatic N) is 1. The fraction of sp³-hybridized carbons (Fsp3) is 0.250. The fourth-order valence-electron chi connectivity index (χ4n) is 0.811. The zero-order chi connectivity index (χ0) is 9.30. The van der Waals surface area contributed by atoms with Crippen molar-refractivity contribution in [1.29, 1.82) is 0 Å². The predicted octanol–water partition coefficient (Wildman–Crippen LogP) is 0.797. The van der Waals surface area contributed by atoms with Gasteiger partial charge >= 0.3 is 0 Å². The van der Waals surface area contributed by atoms with Gasteiger partial charge in [0, 0.05) is 12.4 Å². The van der Waals surface area contributed by atoms with Crippen LogP contribution in [0.2, 0.25) is 0 Å². The van der Waals surface area contributed by atoms with Crippen molar-refractivity contribution in [3.8, 4) is 0 Å². The fourth-order valence-corrected chi connectivity index (χ4v) is 0.811. The molecule has 3 nitrogen and oxygen atoms in total. The summed E-state index contributed by atoms with van der Waals surface area (Å²) in [7, 11) is 0. The van der Waals surface area contributed by atoms with E-state index in [9.17, 15) is 4.79 Å². The molecule has 0 aromatic carbocycles. The quantitative estimate of drug-likeness (QED) is 0.645. The maximum atomic E-state index is 10.9. The van der Waals surface area contributed by atoms with Crippen LogP contribution in [0.4, 0.5) is 0 Å². The Bertz CT molecular complexity index is 336. The van der Waals surface area contributed by atoms with Crippen molar-refractivity contribution in [1.82, 2.24) is 4.98 Å². The SMILES string of the molecule is [2H]c1ncc(C)c(C)c1C(N)=O. The van der Waals surface area contributed by atoms with Crippen molar-refractivity contribution >= 4 is 5.91 Å². The van der Waals surface area contributed by atoms with Crippen LogP contribution in [0, 0.1) is 13.8 Å². The molecule has 0 bridgehead atoms. The maximum Gasteiger partial charge on any atom is 0.250 e. The highest BCUT2D eigenvalue weighted by atomic mass is 16.1. The first-order valence-electron chi connectivity index (χ1n) is 3.76. The van der Waals surface area contributed by atoms with Crippen LogP contribution in [0.5, 0.6) is 0 Å². The number of pyridine rings is 1. The van der Waals surface area contributed by atoms with Gasteiger partial charge in [-0.15, -0.1) is 0 Å². The lowest BCUT2D eigenvalue weighted by Gasteiger charge is -2.02. The van der Waals surface area contributed by atoms with E-state index >= 15 is 0 Å². The number of hydrogen-bond acceptors (Lipinski definition) is 2. The summed E-state index contributed by atoms with van der Waals surface area (Å²) in [4.78, 5) is 14.6. The largest absolute Gasteiger partial charge is 0.366 e. The smallest absolute Gasteiger partial charge is 0.250 e. The maximum absolute atomic E-state index is 10.9. The number of carbonyl (C=O) groups is 1. The van der Waals surface area contributed by atoms with E-state index in [0.29, 0.717) is 0 Å². The molecule has 0 aliphatic rings. The Morgan fingerprint density at radius 1 is 1.73 bits per heavy atom.